The highest BCUT2D eigenvalue weighted by Gasteiger charge is 2.25. The van der Waals surface area contributed by atoms with Gasteiger partial charge in [-0.3, -0.25) is 4.79 Å². The Labute approximate surface area is 105 Å². The lowest BCUT2D eigenvalue weighted by molar-refractivity contribution is -0.0418. The number of hydrogen-bond acceptors (Lipinski definition) is 5. The predicted octanol–water partition coefficient (Wildman–Crippen LogP) is 2.73. The van der Waals surface area contributed by atoms with Crippen LogP contribution in [0.5, 0.6) is 0 Å². The highest BCUT2D eigenvalue weighted by molar-refractivity contribution is 7.13. The fraction of sp³-hybridized carbons (Fsp3) is 0.667. The zero-order chi connectivity index (χ0) is 12.4. The van der Waals surface area contributed by atoms with Crippen molar-refractivity contribution >= 4 is 17.1 Å². The fourth-order valence-corrected chi connectivity index (χ4v) is 2.73. The molecule has 1 fully saturated rings. The van der Waals surface area contributed by atoms with Crippen LogP contribution < -0.4 is 0 Å². The first-order valence-corrected chi connectivity index (χ1v) is 6.63. The number of rotatable bonds is 4. The highest BCUT2D eigenvalue weighted by Crippen LogP contribution is 2.31. The Morgan fingerprint density at radius 1 is 1.47 bits per heavy atom. The molecule has 2 rings (SSSR count). The zero-order valence-electron chi connectivity index (χ0n) is 10.4. The third-order valence-electron chi connectivity index (χ3n) is 2.50. The van der Waals surface area contributed by atoms with Crippen molar-refractivity contribution in [3.63, 3.8) is 0 Å². The third kappa shape index (κ3) is 2.91. The number of Topliss-reactive ketones (excluding diaryl/α,β-unsaturated/α-hetero) is 1. The van der Waals surface area contributed by atoms with Gasteiger partial charge in [-0.05, 0) is 12.8 Å². The van der Waals surface area contributed by atoms with E-state index in [1.807, 2.05) is 20.8 Å². The molecule has 1 aliphatic heterocycles. The molecule has 0 unspecified atom stereocenters. The van der Waals surface area contributed by atoms with Gasteiger partial charge in [0.05, 0.1) is 23.8 Å². The van der Waals surface area contributed by atoms with Crippen molar-refractivity contribution in [1.29, 1.82) is 0 Å². The summed E-state index contributed by atoms with van der Waals surface area (Å²) in [7, 11) is 0. The van der Waals surface area contributed by atoms with Crippen LogP contribution in [0.2, 0.25) is 0 Å². The number of nitrogens with zero attached hydrogens (tertiary/aromatic N) is 1. The monoisotopic (exact) mass is 255 g/mol. The van der Waals surface area contributed by atoms with Gasteiger partial charge < -0.3 is 9.47 Å². The Balaban J connectivity index is 2.15. The minimum atomic E-state index is -0.326. The average Bonchev–Trinajstić information content (AvgIpc) is 2.84. The number of carbonyl (C=O) groups is 1. The number of ether oxygens (including phenoxy) is 2. The molecule has 0 radical (unpaired) electrons. The predicted molar refractivity (Wildman–Crippen MR) is 65.3 cm³/mol. The molecule has 5 heteroatoms. The van der Waals surface area contributed by atoms with E-state index in [2.05, 4.69) is 4.98 Å². The van der Waals surface area contributed by atoms with Crippen LogP contribution in [0.3, 0.4) is 0 Å². The maximum absolute atomic E-state index is 11.9. The number of aromatic nitrogens is 1. The maximum Gasteiger partial charge on any atom is 0.195 e. The summed E-state index contributed by atoms with van der Waals surface area (Å²) in [5.74, 6) is 0.464. The topological polar surface area (TPSA) is 48.4 Å². The van der Waals surface area contributed by atoms with Gasteiger partial charge in [-0.25, -0.2) is 4.98 Å². The van der Waals surface area contributed by atoms with E-state index < -0.39 is 0 Å². The van der Waals surface area contributed by atoms with Crippen LogP contribution in [-0.4, -0.2) is 24.0 Å². The van der Waals surface area contributed by atoms with Crippen molar-refractivity contribution in [1.82, 2.24) is 4.98 Å². The standard InChI is InChI=1S/C12H17NO3S/c1-7(2)6-9(14)11-13-8(3)10(17-11)12-15-4-5-16-12/h7,12H,4-6H2,1-3H3. The van der Waals surface area contributed by atoms with E-state index in [1.165, 1.54) is 11.3 Å². The Kier molecular flexibility index (Phi) is 3.91. The first kappa shape index (κ1) is 12.7. The summed E-state index contributed by atoms with van der Waals surface area (Å²) in [4.78, 5) is 17.1. The van der Waals surface area contributed by atoms with E-state index in [1.54, 1.807) is 0 Å². The molecule has 2 heterocycles. The summed E-state index contributed by atoms with van der Waals surface area (Å²) in [5, 5.41) is 0.574. The van der Waals surface area contributed by atoms with E-state index in [4.69, 9.17) is 9.47 Å². The van der Waals surface area contributed by atoms with Gasteiger partial charge in [0.1, 0.15) is 0 Å². The molecule has 1 saturated heterocycles. The molecule has 0 saturated carbocycles. The van der Waals surface area contributed by atoms with Gasteiger partial charge in [0, 0.05) is 6.42 Å². The third-order valence-corrected chi connectivity index (χ3v) is 3.72. The molecule has 94 valence electrons. The zero-order valence-corrected chi connectivity index (χ0v) is 11.2. The summed E-state index contributed by atoms with van der Waals surface area (Å²) >= 11 is 1.40. The van der Waals surface area contributed by atoms with Gasteiger partial charge in [-0.2, -0.15) is 0 Å². The van der Waals surface area contributed by atoms with E-state index >= 15 is 0 Å². The lowest BCUT2D eigenvalue weighted by atomic mass is 10.1. The number of carbonyl (C=O) groups excluding carboxylic acids is 1. The van der Waals surface area contributed by atoms with Crippen molar-refractivity contribution in [2.24, 2.45) is 5.92 Å². The van der Waals surface area contributed by atoms with Gasteiger partial charge in [0.25, 0.3) is 0 Å². The molecule has 0 spiro atoms. The van der Waals surface area contributed by atoms with Crippen LogP contribution in [0.15, 0.2) is 0 Å². The molecular weight excluding hydrogens is 238 g/mol. The summed E-state index contributed by atoms with van der Waals surface area (Å²) < 4.78 is 10.9. The minimum Gasteiger partial charge on any atom is -0.345 e. The highest BCUT2D eigenvalue weighted by atomic mass is 32.1. The first-order valence-electron chi connectivity index (χ1n) is 5.81. The molecule has 4 nitrogen and oxygen atoms in total. The molecular formula is C12H17NO3S. The summed E-state index contributed by atoms with van der Waals surface area (Å²) in [6.07, 6.45) is 0.215. The van der Waals surface area contributed by atoms with E-state index in [-0.39, 0.29) is 12.1 Å². The fourth-order valence-electron chi connectivity index (χ4n) is 1.71. The molecule has 0 bridgehead atoms. The van der Waals surface area contributed by atoms with Gasteiger partial charge in [0.2, 0.25) is 0 Å². The number of aryl methyl sites for hydroxylation is 1. The molecule has 1 aliphatic rings. The van der Waals surface area contributed by atoms with E-state index in [9.17, 15) is 4.79 Å². The Morgan fingerprint density at radius 2 is 2.12 bits per heavy atom. The van der Waals surface area contributed by atoms with Crippen molar-refractivity contribution < 1.29 is 14.3 Å². The lowest BCUT2D eigenvalue weighted by Gasteiger charge is -2.05. The van der Waals surface area contributed by atoms with Crippen molar-refractivity contribution in [2.75, 3.05) is 13.2 Å². The molecule has 0 atom stereocenters. The lowest BCUT2D eigenvalue weighted by Crippen LogP contribution is -2.02. The second-order valence-corrected chi connectivity index (χ2v) is 5.59. The Hall–Kier alpha value is -0.780. The Morgan fingerprint density at radius 3 is 2.71 bits per heavy atom. The molecule has 0 aromatic carbocycles. The first-order chi connectivity index (χ1) is 8.08. The van der Waals surface area contributed by atoms with Crippen LogP contribution in [0.4, 0.5) is 0 Å². The molecule has 0 amide bonds. The molecule has 17 heavy (non-hydrogen) atoms. The summed E-state index contributed by atoms with van der Waals surface area (Å²) in [6, 6.07) is 0. The number of thiazole rings is 1. The average molecular weight is 255 g/mol. The van der Waals surface area contributed by atoms with Crippen LogP contribution in [-0.2, 0) is 9.47 Å². The smallest absolute Gasteiger partial charge is 0.195 e. The number of ketones is 1. The summed E-state index contributed by atoms with van der Waals surface area (Å²) in [5.41, 5.74) is 0.842. The molecule has 0 aliphatic carbocycles. The molecule has 1 aromatic rings. The van der Waals surface area contributed by atoms with Crippen LogP contribution in [0.25, 0.3) is 0 Å². The molecule has 1 aromatic heterocycles. The normalized spacial score (nSPS) is 16.9. The minimum absolute atomic E-state index is 0.109. The SMILES string of the molecule is Cc1nc(C(=O)CC(C)C)sc1C1OCCO1. The van der Waals surface area contributed by atoms with Crippen molar-refractivity contribution in [2.45, 2.75) is 33.5 Å². The van der Waals surface area contributed by atoms with Gasteiger partial charge in [0.15, 0.2) is 17.1 Å². The number of hydrogen-bond donors (Lipinski definition) is 0. The second kappa shape index (κ2) is 5.25. The van der Waals surface area contributed by atoms with Gasteiger partial charge >= 0.3 is 0 Å². The van der Waals surface area contributed by atoms with Gasteiger partial charge in [-0.1, -0.05) is 13.8 Å². The Bertz CT molecular complexity index is 408. The van der Waals surface area contributed by atoms with E-state index in [0.717, 1.165) is 10.6 Å². The van der Waals surface area contributed by atoms with Crippen molar-refractivity contribution in [3.05, 3.63) is 15.6 Å². The van der Waals surface area contributed by atoms with Crippen LogP contribution in [0.1, 0.15) is 46.9 Å². The summed E-state index contributed by atoms with van der Waals surface area (Å²) in [6.45, 7) is 7.17. The van der Waals surface area contributed by atoms with Crippen molar-refractivity contribution in [3.8, 4) is 0 Å². The van der Waals surface area contributed by atoms with Crippen LogP contribution >= 0.6 is 11.3 Å². The largest absolute Gasteiger partial charge is 0.345 e. The van der Waals surface area contributed by atoms with Gasteiger partial charge in [-0.15, -0.1) is 11.3 Å². The molecule has 0 N–H and O–H groups in total. The van der Waals surface area contributed by atoms with E-state index in [0.29, 0.717) is 30.6 Å². The second-order valence-electron chi connectivity index (χ2n) is 4.56. The maximum atomic E-state index is 11.9. The van der Waals surface area contributed by atoms with Crippen LogP contribution in [0, 0.1) is 12.8 Å². The quantitative estimate of drug-likeness (QED) is 0.776.